The van der Waals surface area contributed by atoms with Crippen LogP contribution in [0.5, 0.6) is 0 Å². The third-order valence-electron chi connectivity index (χ3n) is 4.05. The molecule has 1 unspecified atom stereocenters. The molecule has 7 heteroatoms. The first kappa shape index (κ1) is 17.5. The van der Waals surface area contributed by atoms with Crippen LogP contribution in [0.3, 0.4) is 0 Å². The van der Waals surface area contributed by atoms with Crippen LogP contribution >= 0.6 is 24.0 Å². The van der Waals surface area contributed by atoms with Gasteiger partial charge in [-0.25, -0.2) is 0 Å². The van der Waals surface area contributed by atoms with Crippen molar-refractivity contribution in [2.45, 2.75) is 19.3 Å². The Labute approximate surface area is 137 Å². The van der Waals surface area contributed by atoms with Crippen molar-refractivity contribution in [3.63, 3.8) is 0 Å². The van der Waals surface area contributed by atoms with Crippen LogP contribution in [0.15, 0.2) is 4.99 Å². The summed E-state index contributed by atoms with van der Waals surface area (Å²) in [5, 5.41) is 5.87. The van der Waals surface area contributed by atoms with Crippen LogP contribution in [0.2, 0.25) is 0 Å². The van der Waals surface area contributed by atoms with Crippen molar-refractivity contribution >= 4 is 35.8 Å². The zero-order valence-electron chi connectivity index (χ0n) is 12.3. The molecule has 20 heavy (non-hydrogen) atoms. The van der Waals surface area contributed by atoms with Crippen LogP contribution in [-0.4, -0.2) is 63.7 Å². The molecule has 0 saturated carbocycles. The molecule has 0 aromatic heterocycles. The lowest BCUT2D eigenvalue weighted by molar-refractivity contribution is -0.120. The van der Waals surface area contributed by atoms with Gasteiger partial charge in [-0.3, -0.25) is 9.79 Å². The summed E-state index contributed by atoms with van der Waals surface area (Å²) in [6.45, 7) is 4.40. The Bertz CT molecular complexity index is 356. The minimum absolute atomic E-state index is 0. The molecule has 116 valence electrons. The number of carbonyl (C=O) groups excluding carboxylic acids is 1. The summed E-state index contributed by atoms with van der Waals surface area (Å²) in [6, 6.07) is 0. The van der Waals surface area contributed by atoms with Gasteiger partial charge in [0.25, 0.3) is 0 Å². The van der Waals surface area contributed by atoms with Crippen LogP contribution < -0.4 is 10.6 Å². The van der Waals surface area contributed by atoms with E-state index in [0.29, 0.717) is 18.4 Å². The van der Waals surface area contributed by atoms with Crippen molar-refractivity contribution in [3.8, 4) is 0 Å². The van der Waals surface area contributed by atoms with E-state index < -0.39 is 0 Å². The van der Waals surface area contributed by atoms with E-state index in [0.717, 1.165) is 38.7 Å². The lowest BCUT2D eigenvalue weighted by Gasteiger charge is -2.24. The molecule has 0 aromatic carbocycles. The Morgan fingerprint density at radius 3 is 2.85 bits per heavy atom. The van der Waals surface area contributed by atoms with E-state index in [2.05, 4.69) is 20.5 Å². The fraction of sp³-hybridized carbons (Fsp3) is 0.846. The number of guanidine groups is 1. The number of halogens is 1. The van der Waals surface area contributed by atoms with Crippen LogP contribution in [0.25, 0.3) is 0 Å². The summed E-state index contributed by atoms with van der Waals surface area (Å²) in [4.78, 5) is 17.8. The van der Waals surface area contributed by atoms with Crippen LogP contribution in [0.4, 0.5) is 0 Å². The van der Waals surface area contributed by atoms with Crippen molar-refractivity contribution in [3.05, 3.63) is 0 Å². The zero-order chi connectivity index (χ0) is 13.7. The van der Waals surface area contributed by atoms with Gasteiger partial charge in [0.05, 0.1) is 6.61 Å². The Hall–Kier alpha value is -0.570. The Kier molecular flexibility index (Phi) is 7.01. The molecular formula is C13H25IN4O2. The molecule has 0 aromatic rings. The fourth-order valence-corrected chi connectivity index (χ4v) is 2.83. The molecule has 2 saturated heterocycles. The third kappa shape index (κ3) is 4.21. The summed E-state index contributed by atoms with van der Waals surface area (Å²) >= 11 is 0. The summed E-state index contributed by atoms with van der Waals surface area (Å²) in [6.07, 6.45) is 2.79. The maximum absolute atomic E-state index is 11.2. The highest BCUT2D eigenvalue weighted by atomic mass is 127. The molecule has 2 fully saturated rings. The number of rotatable bonds is 3. The average molecular weight is 396 g/mol. The molecule has 0 aliphatic carbocycles. The molecular weight excluding hydrogens is 371 g/mol. The van der Waals surface area contributed by atoms with Crippen molar-refractivity contribution in [2.24, 2.45) is 10.4 Å². The summed E-state index contributed by atoms with van der Waals surface area (Å²) < 4.78 is 5.53. The Morgan fingerprint density at radius 1 is 1.45 bits per heavy atom. The van der Waals surface area contributed by atoms with Crippen molar-refractivity contribution in [2.75, 3.05) is 46.9 Å². The standard InChI is InChI=1S/C13H24N4O2.HI/c1-14-11(18)3-6-16-12(15-2)17-7-4-13(9-17)5-8-19-10-13;/h3-10H2,1-2H3,(H,14,18)(H,15,16);1H. The number of likely N-dealkylation sites (tertiary alicyclic amines) is 1. The van der Waals surface area contributed by atoms with Crippen molar-refractivity contribution in [1.29, 1.82) is 0 Å². The van der Waals surface area contributed by atoms with E-state index in [9.17, 15) is 4.79 Å². The number of aliphatic imine (C=N–C) groups is 1. The maximum atomic E-state index is 11.2. The van der Waals surface area contributed by atoms with Crippen molar-refractivity contribution in [1.82, 2.24) is 15.5 Å². The van der Waals surface area contributed by atoms with Gasteiger partial charge in [-0.2, -0.15) is 0 Å². The highest BCUT2D eigenvalue weighted by Gasteiger charge is 2.42. The van der Waals surface area contributed by atoms with E-state index >= 15 is 0 Å². The molecule has 2 heterocycles. The maximum Gasteiger partial charge on any atom is 0.221 e. The van der Waals surface area contributed by atoms with Gasteiger partial charge in [-0.15, -0.1) is 24.0 Å². The minimum atomic E-state index is 0. The predicted octanol–water partition coefficient (Wildman–Crippen LogP) is 0.428. The molecule has 1 spiro atoms. The molecule has 2 aliphatic heterocycles. The third-order valence-corrected chi connectivity index (χ3v) is 4.05. The zero-order valence-corrected chi connectivity index (χ0v) is 14.6. The lowest BCUT2D eigenvalue weighted by Crippen LogP contribution is -2.42. The summed E-state index contributed by atoms with van der Waals surface area (Å²) in [7, 11) is 3.44. The van der Waals surface area contributed by atoms with Gasteiger partial charge in [0.2, 0.25) is 5.91 Å². The number of hydrogen-bond acceptors (Lipinski definition) is 3. The molecule has 2 N–H and O–H groups in total. The smallest absolute Gasteiger partial charge is 0.221 e. The normalized spacial score (nSPS) is 25.7. The number of ether oxygens (including phenoxy) is 1. The molecule has 1 amide bonds. The van der Waals surface area contributed by atoms with Crippen molar-refractivity contribution < 1.29 is 9.53 Å². The molecule has 0 radical (unpaired) electrons. The number of hydrogen-bond donors (Lipinski definition) is 2. The summed E-state index contributed by atoms with van der Waals surface area (Å²) in [5.41, 5.74) is 0.332. The topological polar surface area (TPSA) is 66.0 Å². The summed E-state index contributed by atoms with van der Waals surface area (Å²) in [5.74, 6) is 0.942. The first-order chi connectivity index (χ1) is 9.19. The van der Waals surface area contributed by atoms with Gasteiger partial charge in [0, 0.05) is 52.2 Å². The second-order valence-corrected chi connectivity index (χ2v) is 5.37. The number of nitrogens with one attached hydrogen (secondary N) is 2. The van der Waals surface area contributed by atoms with Crippen LogP contribution in [0.1, 0.15) is 19.3 Å². The second kappa shape index (κ2) is 8.02. The highest BCUT2D eigenvalue weighted by Crippen LogP contribution is 2.38. The van der Waals surface area contributed by atoms with Crippen LogP contribution in [-0.2, 0) is 9.53 Å². The molecule has 0 bridgehead atoms. The first-order valence-electron chi connectivity index (χ1n) is 6.93. The predicted molar refractivity (Wildman–Crippen MR) is 89.5 cm³/mol. The van der Waals surface area contributed by atoms with Gasteiger partial charge in [0.15, 0.2) is 5.96 Å². The van der Waals surface area contributed by atoms with E-state index in [1.165, 1.54) is 6.42 Å². The van der Waals surface area contributed by atoms with E-state index in [1.54, 1.807) is 14.1 Å². The Balaban J connectivity index is 0.00000200. The molecule has 6 nitrogen and oxygen atoms in total. The largest absolute Gasteiger partial charge is 0.381 e. The van der Waals surface area contributed by atoms with Gasteiger partial charge in [-0.1, -0.05) is 0 Å². The lowest BCUT2D eigenvalue weighted by atomic mass is 9.87. The van der Waals surface area contributed by atoms with Crippen LogP contribution in [0, 0.1) is 5.41 Å². The van der Waals surface area contributed by atoms with E-state index in [-0.39, 0.29) is 29.9 Å². The minimum Gasteiger partial charge on any atom is -0.381 e. The molecule has 2 rings (SSSR count). The quantitative estimate of drug-likeness (QED) is 0.413. The highest BCUT2D eigenvalue weighted by molar-refractivity contribution is 14.0. The SMILES string of the molecule is CN=C(NCCC(=O)NC)N1CCC2(CCOC2)C1.I. The number of carbonyl (C=O) groups is 1. The first-order valence-corrected chi connectivity index (χ1v) is 6.93. The Morgan fingerprint density at radius 2 is 2.25 bits per heavy atom. The average Bonchev–Trinajstić information content (AvgIpc) is 3.05. The van der Waals surface area contributed by atoms with Gasteiger partial charge in [0.1, 0.15) is 0 Å². The molecule has 1 atom stereocenters. The van der Waals surface area contributed by atoms with Gasteiger partial charge < -0.3 is 20.3 Å². The number of amides is 1. The van der Waals surface area contributed by atoms with E-state index in [4.69, 9.17) is 4.74 Å². The fourth-order valence-electron chi connectivity index (χ4n) is 2.83. The monoisotopic (exact) mass is 396 g/mol. The van der Waals surface area contributed by atoms with E-state index in [1.807, 2.05) is 0 Å². The second-order valence-electron chi connectivity index (χ2n) is 5.37. The molecule has 2 aliphatic rings. The van der Waals surface area contributed by atoms with Gasteiger partial charge in [-0.05, 0) is 12.8 Å². The number of nitrogens with zero attached hydrogens (tertiary/aromatic N) is 2. The van der Waals surface area contributed by atoms with Gasteiger partial charge >= 0.3 is 0 Å².